The average molecular weight is 306 g/mol. The van der Waals surface area contributed by atoms with Gasteiger partial charge in [-0.1, -0.05) is 6.92 Å². The fraction of sp³-hybridized carbons (Fsp3) is 0.444. The molecule has 1 fully saturated rings. The molecule has 1 aliphatic rings. The molecule has 0 spiro atoms. The van der Waals surface area contributed by atoms with Crippen LogP contribution in [0, 0.1) is 5.92 Å². The molecule has 1 aliphatic carbocycles. The Labute approximate surface area is 94.4 Å². The van der Waals surface area contributed by atoms with Crippen LogP contribution < -0.4 is 5.32 Å². The van der Waals surface area contributed by atoms with Crippen LogP contribution in [0.15, 0.2) is 21.3 Å². The Kier molecular flexibility index (Phi) is 2.60. The van der Waals surface area contributed by atoms with Gasteiger partial charge in [-0.15, -0.1) is 0 Å². The van der Waals surface area contributed by atoms with Gasteiger partial charge in [0.1, 0.15) is 0 Å². The lowest BCUT2D eigenvalue weighted by Crippen LogP contribution is -2.04. The largest absolute Gasteiger partial charge is 0.380 e. The molecule has 0 unspecified atom stereocenters. The predicted octanol–water partition coefficient (Wildman–Crippen LogP) is 3.43. The van der Waals surface area contributed by atoms with Gasteiger partial charge in [0.25, 0.3) is 0 Å². The van der Waals surface area contributed by atoms with Crippen LogP contribution in [-0.4, -0.2) is 11.0 Å². The number of hydrogen-bond donors (Lipinski definition) is 1. The quantitative estimate of drug-likeness (QED) is 0.905. The third-order valence-corrected chi connectivity index (χ3v) is 3.50. The van der Waals surface area contributed by atoms with Gasteiger partial charge >= 0.3 is 0 Å². The lowest BCUT2D eigenvalue weighted by molar-refractivity contribution is 0.927. The summed E-state index contributed by atoms with van der Waals surface area (Å²) in [5.74, 6) is 0.798. The monoisotopic (exact) mass is 304 g/mol. The molecule has 0 aromatic carbocycles. The van der Waals surface area contributed by atoms with Crippen LogP contribution in [0.1, 0.15) is 13.3 Å². The summed E-state index contributed by atoms with van der Waals surface area (Å²) in [6.07, 6.45) is 4.88. The Hall–Kier alpha value is -0.0900. The van der Waals surface area contributed by atoms with Gasteiger partial charge in [0.05, 0.1) is 14.6 Å². The molecular weight excluding hydrogens is 296 g/mol. The molecular formula is C9H10Br2N2. The van der Waals surface area contributed by atoms with Gasteiger partial charge in [0, 0.05) is 18.4 Å². The maximum absolute atomic E-state index is 4.06. The van der Waals surface area contributed by atoms with Crippen molar-refractivity contribution in [3.63, 3.8) is 0 Å². The van der Waals surface area contributed by atoms with Gasteiger partial charge in [0.15, 0.2) is 0 Å². The summed E-state index contributed by atoms with van der Waals surface area (Å²) in [7, 11) is 0. The van der Waals surface area contributed by atoms with Gasteiger partial charge < -0.3 is 5.32 Å². The molecule has 1 aromatic rings. The summed E-state index contributed by atoms with van der Waals surface area (Å²) >= 11 is 6.94. The van der Waals surface area contributed by atoms with Gasteiger partial charge in [-0.3, -0.25) is 4.98 Å². The van der Waals surface area contributed by atoms with Crippen molar-refractivity contribution in [2.75, 3.05) is 5.32 Å². The fourth-order valence-corrected chi connectivity index (χ4v) is 2.42. The maximum Gasteiger partial charge on any atom is 0.0662 e. The summed E-state index contributed by atoms with van der Waals surface area (Å²) in [5, 5.41) is 3.47. The minimum atomic E-state index is 0.634. The Morgan fingerprint density at radius 1 is 1.38 bits per heavy atom. The zero-order chi connectivity index (χ0) is 9.42. The topological polar surface area (TPSA) is 24.9 Å². The van der Waals surface area contributed by atoms with Gasteiger partial charge in [-0.25, -0.2) is 0 Å². The number of pyridine rings is 1. The Morgan fingerprint density at radius 2 is 1.92 bits per heavy atom. The van der Waals surface area contributed by atoms with Crippen LogP contribution in [0.3, 0.4) is 0 Å². The van der Waals surface area contributed by atoms with Crippen molar-refractivity contribution in [2.24, 2.45) is 5.92 Å². The number of anilines is 1. The lowest BCUT2D eigenvalue weighted by atomic mass is 10.4. The number of halogens is 2. The van der Waals surface area contributed by atoms with E-state index in [9.17, 15) is 0 Å². The van der Waals surface area contributed by atoms with Crippen LogP contribution in [0.5, 0.6) is 0 Å². The van der Waals surface area contributed by atoms with Crippen LogP contribution >= 0.6 is 31.9 Å². The molecule has 4 heteroatoms. The highest BCUT2D eigenvalue weighted by atomic mass is 79.9. The summed E-state index contributed by atoms with van der Waals surface area (Å²) in [6.45, 7) is 2.25. The number of hydrogen-bond acceptors (Lipinski definition) is 2. The van der Waals surface area contributed by atoms with Crippen molar-refractivity contribution < 1.29 is 0 Å². The molecule has 2 atom stereocenters. The molecule has 1 aromatic heterocycles. The zero-order valence-corrected chi connectivity index (χ0v) is 10.4. The smallest absolute Gasteiger partial charge is 0.0662 e. The molecule has 0 aliphatic heterocycles. The third-order valence-electron chi connectivity index (χ3n) is 2.29. The maximum atomic E-state index is 4.06. The molecule has 0 radical (unpaired) electrons. The number of aromatic nitrogens is 1. The molecule has 2 nitrogen and oxygen atoms in total. The first kappa shape index (κ1) is 9.46. The highest BCUT2D eigenvalue weighted by Crippen LogP contribution is 2.37. The van der Waals surface area contributed by atoms with E-state index in [-0.39, 0.29) is 0 Å². The minimum Gasteiger partial charge on any atom is -0.380 e. The summed E-state index contributed by atoms with van der Waals surface area (Å²) in [5.41, 5.74) is 1.12. The van der Waals surface area contributed by atoms with E-state index in [0.717, 1.165) is 20.6 Å². The zero-order valence-electron chi connectivity index (χ0n) is 7.22. The number of rotatable bonds is 2. The lowest BCUT2D eigenvalue weighted by Gasteiger charge is -2.08. The molecule has 70 valence electrons. The van der Waals surface area contributed by atoms with E-state index in [2.05, 4.69) is 49.1 Å². The fourth-order valence-electron chi connectivity index (χ4n) is 1.26. The van der Waals surface area contributed by atoms with Crippen LogP contribution in [-0.2, 0) is 0 Å². The summed E-state index contributed by atoms with van der Waals surface area (Å²) in [4.78, 5) is 4.06. The van der Waals surface area contributed by atoms with Crippen molar-refractivity contribution in [1.82, 2.24) is 4.98 Å². The third kappa shape index (κ3) is 2.05. The molecule has 1 saturated carbocycles. The predicted molar refractivity (Wildman–Crippen MR) is 60.8 cm³/mol. The Morgan fingerprint density at radius 3 is 2.38 bits per heavy atom. The average Bonchev–Trinajstić information content (AvgIpc) is 2.75. The van der Waals surface area contributed by atoms with E-state index in [1.165, 1.54) is 6.42 Å². The Bertz CT molecular complexity index is 307. The van der Waals surface area contributed by atoms with Crippen molar-refractivity contribution >= 4 is 37.5 Å². The molecule has 0 amide bonds. The SMILES string of the molecule is C[C@@H]1C[C@H]1Nc1c(Br)cncc1Br. The van der Waals surface area contributed by atoms with Gasteiger partial charge in [-0.2, -0.15) is 0 Å². The minimum absolute atomic E-state index is 0.634. The van der Waals surface area contributed by atoms with E-state index in [0.29, 0.717) is 6.04 Å². The first-order chi connectivity index (χ1) is 6.18. The van der Waals surface area contributed by atoms with Crippen LogP contribution in [0.25, 0.3) is 0 Å². The Balaban J connectivity index is 2.18. The van der Waals surface area contributed by atoms with E-state index in [4.69, 9.17) is 0 Å². The molecule has 0 saturated heterocycles. The second-order valence-corrected chi connectivity index (χ2v) is 5.15. The van der Waals surface area contributed by atoms with Gasteiger partial charge in [-0.05, 0) is 44.2 Å². The van der Waals surface area contributed by atoms with Crippen molar-refractivity contribution in [2.45, 2.75) is 19.4 Å². The molecule has 1 N–H and O–H groups in total. The second-order valence-electron chi connectivity index (χ2n) is 3.44. The second kappa shape index (κ2) is 3.58. The summed E-state index contributed by atoms with van der Waals surface area (Å²) in [6, 6.07) is 0.634. The normalized spacial score (nSPS) is 25.8. The van der Waals surface area contributed by atoms with E-state index >= 15 is 0 Å². The van der Waals surface area contributed by atoms with Crippen LogP contribution in [0.2, 0.25) is 0 Å². The first-order valence-corrected chi connectivity index (χ1v) is 5.82. The molecule has 1 heterocycles. The van der Waals surface area contributed by atoms with E-state index in [1.54, 1.807) is 12.4 Å². The highest BCUT2D eigenvalue weighted by Gasteiger charge is 2.33. The van der Waals surface area contributed by atoms with Crippen LogP contribution in [0.4, 0.5) is 5.69 Å². The number of nitrogens with one attached hydrogen (secondary N) is 1. The standard InChI is InChI=1S/C9H10Br2N2/c1-5-2-8(5)13-9-6(10)3-12-4-7(9)11/h3-5,8H,2H2,1H3,(H,12,13)/t5-,8-/m1/s1. The van der Waals surface area contributed by atoms with E-state index in [1.807, 2.05) is 0 Å². The molecule has 13 heavy (non-hydrogen) atoms. The number of nitrogens with zero attached hydrogens (tertiary/aromatic N) is 1. The molecule has 0 bridgehead atoms. The van der Waals surface area contributed by atoms with Crippen molar-refractivity contribution in [3.05, 3.63) is 21.3 Å². The first-order valence-electron chi connectivity index (χ1n) is 4.24. The highest BCUT2D eigenvalue weighted by molar-refractivity contribution is 9.11. The summed E-state index contributed by atoms with van der Waals surface area (Å²) < 4.78 is 2.03. The van der Waals surface area contributed by atoms with Crippen molar-refractivity contribution in [1.29, 1.82) is 0 Å². The van der Waals surface area contributed by atoms with Crippen molar-refractivity contribution in [3.8, 4) is 0 Å². The molecule has 2 rings (SSSR count). The van der Waals surface area contributed by atoms with E-state index < -0.39 is 0 Å². The van der Waals surface area contributed by atoms with Gasteiger partial charge in [0.2, 0.25) is 0 Å².